The molecule has 1 rings (SSSR count). The number of thiocarbonyl (C=S) groups is 2. The number of ether oxygens (including phenoxy) is 2. The Bertz CT molecular complexity index is 360. The molecule has 3 nitrogen and oxygen atoms in total. The van der Waals surface area contributed by atoms with Crippen LogP contribution in [0.3, 0.4) is 0 Å². The van der Waals surface area contributed by atoms with Gasteiger partial charge in [0.05, 0.1) is 13.2 Å². The van der Waals surface area contributed by atoms with Gasteiger partial charge in [-0.1, -0.05) is 0 Å². The molecule has 0 radical (unpaired) electrons. The van der Waals surface area contributed by atoms with Crippen molar-refractivity contribution >= 4 is 34.5 Å². The topological polar surface area (TPSA) is 31.4 Å². The van der Waals surface area contributed by atoms with Gasteiger partial charge in [0, 0.05) is 23.5 Å². The summed E-state index contributed by atoms with van der Waals surface area (Å²) in [5, 5.41) is 0.854. The van der Waals surface area contributed by atoms with Gasteiger partial charge >= 0.3 is 0 Å². The Morgan fingerprint density at radius 2 is 1.50 bits per heavy atom. The maximum atomic E-state index is 5.23. The zero-order valence-electron chi connectivity index (χ0n) is 9.23. The summed E-state index contributed by atoms with van der Waals surface area (Å²) >= 11 is 10.2. The molecule has 5 heteroatoms. The second kappa shape index (κ2) is 6.50. The highest BCUT2D eigenvalue weighted by Gasteiger charge is 2.07. The molecule has 0 aliphatic carbocycles. The highest BCUT2D eigenvalue weighted by Crippen LogP contribution is 2.08. The number of rotatable bonds is 4. The zero-order chi connectivity index (χ0) is 12.0. The summed E-state index contributed by atoms with van der Waals surface area (Å²) in [6, 6.07) is 1.82. The lowest BCUT2D eigenvalue weighted by atomic mass is 10.2. The fraction of sp³-hybridized carbons (Fsp3) is 0.364. The van der Waals surface area contributed by atoms with E-state index in [2.05, 4.69) is 4.98 Å². The van der Waals surface area contributed by atoms with Gasteiger partial charge in [-0.15, -0.1) is 0 Å². The number of nitrogens with zero attached hydrogens (tertiary/aromatic N) is 1. The van der Waals surface area contributed by atoms with E-state index in [1.54, 1.807) is 12.4 Å². The molecule has 0 aliphatic heterocycles. The smallest absolute Gasteiger partial charge is 0.192 e. The molecule has 0 fully saturated rings. The lowest BCUT2D eigenvalue weighted by Crippen LogP contribution is -2.08. The van der Waals surface area contributed by atoms with Crippen LogP contribution in [0, 0.1) is 0 Å². The number of pyridine rings is 1. The van der Waals surface area contributed by atoms with Crippen LogP contribution in [0.25, 0.3) is 0 Å². The first kappa shape index (κ1) is 13.0. The average molecular weight is 255 g/mol. The van der Waals surface area contributed by atoms with Crippen LogP contribution in [0.1, 0.15) is 25.0 Å². The Morgan fingerprint density at radius 1 is 1.06 bits per heavy atom. The van der Waals surface area contributed by atoms with E-state index < -0.39 is 0 Å². The molecule has 0 aliphatic rings. The predicted octanol–water partition coefficient (Wildman–Crippen LogP) is 2.51. The number of hydrogen-bond acceptors (Lipinski definition) is 5. The molecular weight excluding hydrogens is 242 g/mol. The Kier molecular flexibility index (Phi) is 5.28. The van der Waals surface area contributed by atoms with E-state index in [1.807, 2.05) is 19.9 Å². The van der Waals surface area contributed by atoms with Crippen LogP contribution in [0.15, 0.2) is 18.5 Å². The molecule has 0 saturated carbocycles. The predicted molar refractivity (Wildman–Crippen MR) is 70.9 cm³/mol. The summed E-state index contributed by atoms with van der Waals surface area (Å²) in [6.45, 7) is 4.85. The van der Waals surface area contributed by atoms with Crippen molar-refractivity contribution in [3.8, 4) is 0 Å². The second-order valence-electron chi connectivity index (χ2n) is 2.90. The van der Waals surface area contributed by atoms with Gasteiger partial charge < -0.3 is 9.47 Å². The minimum absolute atomic E-state index is 0.427. The summed E-state index contributed by atoms with van der Waals surface area (Å²) < 4.78 is 10.5. The molecule has 0 saturated heterocycles. The van der Waals surface area contributed by atoms with Crippen molar-refractivity contribution in [2.24, 2.45) is 0 Å². The fourth-order valence-corrected chi connectivity index (χ4v) is 1.55. The largest absolute Gasteiger partial charge is 0.483 e. The first-order valence-corrected chi connectivity index (χ1v) is 5.80. The third-order valence-electron chi connectivity index (χ3n) is 1.76. The molecular formula is C11H13NO2S2. The highest BCUT2D eigenvalue weighted by atomic mass is 32.1. The van der Waals surface area contributed by atoms with Gasteiger partial charge in [-0.2, -0.15) is 0 Å². The van der Waals surface area contributed by atoms with E-state index in [9.17, 15) is 0 Å². The lowest BCUT2D eigenvalue weighted by molar-refractivity contribution is 0.336. The first-order chi connectivity index (χ1) is 7.69. The zero-order valence-corrected chi connectivity index (χ0v) is 10.9. The standard InChI is InChI=1S/C11H13NO2S2/c1-3-13-10(15)8-5-9(7-12-6-8)11(16)14-4-2/h5-7H,3-4H2,1-2H3. The van der Waals surface area contributed by atoms with Crippen LogP contribution in [-0.2, 0) is 9.47 Å². The molecule has 16 heavy (non-hydrogen) atoms. The van der Waals surface area contributed by atoms with Crippen molar-refractivity contribution in [2.75, 3.05) is 13.2 Å². The van der Waals surface area contributed by atoms with Gasteiger partial charge in [-0.05, 0) is 44.3 Å². The summed E-state index contributed by atoms with van der Waals surface area (Å²) in [5.41, 5.74) is 1.49. The Labute approximate surface area is 106 Å². The maximum absolute atomic E-state index is 5.23. The van der Waals surface area contributed by atoms with Gasteiger partial charge in [0.1, 0.15) is 0 Å². The molecule has 0 amide bonds. The van der Waals surface area contributed by atoms with Crippen LogP contribution < -0.4 is 0 Å². The third-order valence-corrected chi connectivity index (χ3v) is 2.47. The molecule has 0 atom stereocenters. The second-order valence-corrected chi connectivity index (χ2v) is 3.64. The van der Waals surface area contributed by atoms with E-state index in [4.69, 9.17) is 33.9 Å². The normalized spacial score (nSPS) is 9.62. The molecule has 0 aromatic carbocycles. The number of aromatic nitrogens is 1. The van der Waals surface area contributed by atoms with E-state index in [0.717, 1.165) is 11.1 Å². The summed E-state index contributed by atoms with van der Waals surface area (Å²) in [6.07, 6.45) is 3.30. The molecule has 1 aromatic heterocycles. The molecule has 1 aromatic rings. The summed E-state index contributed by atoms with van der Waals surface area (Å²) in [5.74, 6) is 0. The third kappa shape index (κ3) is 3.50. The SMILES string of the molecule is CCOC(=S)c1cncc(C(=S)OCC)c1. The van der Waals surface area contributed by atoms with Crippen molar-refractivity contribution in [1.29, 1.82) is 0 Å². The molecule has 1 heterocycles. The van der Waals surface area contributed by atoms with Crippen molar-refractivity contribution in [3.63, 3.8) is 0 Å². The van der Waals surface area contributed by atoms with Crippen LogP contribution in [0.2, 0.25) is 0 Å². The molecule has 0 N–H and O–H groups in total. The van der Waals surface area contributed by atoms with Crippen molar-refractivity contribution in [2.45, 2.75) is 13.8 Å². The van der Waals surface area contributed by atoms with Crippen molar-refractivity contribution in [1.82, 2.24) is 4.98 Å². The van der Waals surface area contributed by atoms with Crippen LogP contribution >= 0.6 is 24.4 Å². The lowest BCUT2D eigenvalue weighted by Gasteiger charge is -2.07. The maximum Gasteiger partial charge on any atom is 0.192 e. The van der Waals surface area contributed by atoms with E-state index >= 15 is 0 Å². The number of hydrogen-bond donors (Lipinski definition) is 0. The molecule has 0 bridgehead atoms. The van der Waals surface area contributed by atoms with Crippen LogP contribution in [-0.4, -0.2) is 28.3 Å². The molecule has 0 unspecified atom stereocenters. The fourth-order valence-electron chi connectivity index (χ4n) is 1.09. The van der Waals surface area contributed by atoms with Crippen LogP contribution in [0.5, 0.6) is 0 Å². The Hall–Kier alpha value is -1.07. The summed E-state index contributed by atoms with van der Waals surface area (Å²) in [7, 11) is 0. The summed E-state index contributed by atoms with van der Waals surface area (Å²) in [4.78, 5) is 4.06. The monoisotopic (exact) mass is 255 g/mol. The van der Waals surface area contributed by atoms with Crippen molar-refractivity contribution < 1.29 is 9.47 Å². The van der Waals surface area contributed by atoms with Crippen LogP contribution in [0.4, 0.5) is 0 Å². The highest BCUT2D eigenvalue weighted by molar-refractivity contribution is 7.80. The minimum Gasteiger partial charge on any atom is -0.483 e. The van der Waals surface area contributed by atoms with E-state index in [0.29, 0.717) is 23.3 Å². The minimum atomic E-state index is 0.427. The van der Waals surface area contributed by atoms with Gasteiger partial charge in [0.25, 0.3) is 0 Å². The average Bonchev–Trinajstić information content (AvgIpc) is 2.30. The van der Waals surface area contributed by atoms with Crippen molar-refractivity contribution in [3.05, 3.63) is 29.6 Å². The van der Waals surface area contributed by atoms with Gasteiger partial charge in [-0.3, -0.25) is 4.98 Å². The van der Waals surface area contributed by atoms with Gasteiger partial charge in [0.15, 0.2) is 10.1 Å². The van der Waals surface area contributed by atoms with E-state index in [1.165, 1.54) is 0 Å². The van der Waals surface area contributed by atoms with Gasteiger partial charge in [-0.25, -0.2) is 0 Å². The quantitative estimate of drug-likeness (QED) is 0.772. The molecule has 0 spiro atoms. The Balaban J connectivity index is 2.86. The Morgan fingerprint density at radius 3 is 1.88 bits per heavy atom. The van der Waals surface area contributed by atoms with E-state index in [-0.39, 0.29) is 0 Å². The van der Waals surface area contributed by atoms with Gasteiger partial charge in [0.2, 0.25) is 0 Å². The first-order valence-electron chi connectivity index (χ1n) is 4.98. The molecule has 86 valence electrons.